The maximum absolute atomic E-state index is 12.8. The van der Waals surface area contributed by atoms with E-state index in [4.69, 9.17) is 0 Å². The molecule has 10 aromatic heterocycles. The van der Waals surface area contributed by atoms with Crippen molar-refractivity contribution in [3.8, 4) is 51.7 Å². The van der Waals surface area contributed by atoms with Crippen molar-refractivity contribution >= 4 is 11.3 Å². The molecule has 4 aromatic carbocycles. The summed E-state index contributed by atoms with van der Waals surface area (Å²) in [6.07, 6.45) is 21.0. The van der Waals surface area contributed by atoms with Crippen LogP contribution in [0.25, 0.3) is 51.7 Å². The van der Waals surface area contributed by atoms with Crippen molar-refractivity contribution in [2.45, 2.75) is 73.2 Å². The molecule has 497 valence electrons. The number of benzene rings is 4. The average Bonchev–Trinajstić information content (AvgIpc) is 1.72. The second-order valence-electron chi connectivity index (χ2n) is 18.6. The predicted molar refractivity (Wildman–Crippen MR) is 319 cm³/mol. The normalized spacial score (nSPS) is 10.4. The first kappa shape index (κ1) is 76.8. The smallest absolute Gasteiger partial charge is 0.353 e. The second-order valence-corrected chi connectivity index (χ2v) is 19.4. The van der Waals surface area contributed by atoms with Gasteiger partial charge in [-0.15, -0.1) is 18.2 Å². The molecule has 0 N–H and O–H groups in total. The molecule has 0 spiro atoms. The minimum absolute atomic E-state index is 0. The summed E-state index contributed by atoms with van der Waals surface area (Å²) >= 11 is 1.55. The van der Waals surface area contributed by atoms with E-state index in [9.17, 15) is 17.6 Å². The van der Waals surface area contributed by atoms with Gasteiger partial charge in [-0.3, -0.25) is 40.2 Å². The molecular formula is C61H54F4Ir5N23S-5. The number of nitrogens with zero attached hydrogens (tertiary/aromatic N) is 23. The van der Waals surface area contributed by atoms with E-state index in [2.05, 4.69) is 116 Å². The monoisotopic (exact) mass is 2180 g/mol. The number of rotatable bonds is 14. The number of thiazole rings is 1. The SMILES string of the molecule is CCc1cn(-c2ccccc2)c(-n2[c-]ccn2)n1.CCc1csc(-n2[c-]ncn2)n1.CCc1nc(-n2[c-]ccn2)n(-c2ccccc2)n1.CCc1nc(-n2[c-]nc(C)n2)n(-c2ccccc2)n1.FCc1cn(-c2ccccc2)c(-n2[c-]cc(C(F)(F)F)n2)n1.[Ir].[Ir].[Ir].[Ir].[Ir]. The van der Waals surface area contributed by atoms with Gasteiger partial charge in [0.25, 0.3) is 0 Å². The van der Waals surface area contributed by atoms with Crippen LogP contribution in [0, 0.1) is 38.2 Å². The maximum Gasteiger partial charge on any atom is 0.388 e. The minimum atomic E-state index is -4.57. The summed E-state index contributed by atoms with van der Waals surface area (Å²) in [4.78, 5) is 29.5. The summed E-state index contributed by atoms with van der Waals surface area (Å²) in [5.41, 5.74) is 4.73. The fourth-order valence-electron chi connectivity index (χ4n) is 8.13. The van der Waals surface area contributed by atoms with Gasteiger partial charge in [-0.1, -0.05) is 131 Å². The van der Waals surface area contributed by atoms with Crippen molar-refractivity contribution in [2.24, 2.45) is 0 Å². The standard InChI is InChI=1S/C14H9F4N4.C14H13N4.C13H13N6.C13H12N5.C7H7N4S.5Ir/c15-8-10-9-21(11-4-2-1-3-5-11)13(19-10)22-7-6-12(20-22)14(16,17)18;1-2-12-11-17(13-7-4-3-5-8-13)14(16-12)18-10-6-9-15-18;1-3-12-15-13(18-9-14-10(2)16-18)19(17-12)11-7-5-4-6-8-11;1-2-12-15-13(17-10-6-9-14-17)18(16-12)11-7-4-3-5-8-11;1-2-6-3-12-7(10-6)11-5-8-4-9-11;;;;;/h1-6,9H,8H2;3-9,11H,2H2,1H3;4-8H,3H2,1-2H3;3-9H,2H2,1H3;3-4H,2H2,1H3;;;;;/q5*-1;;;;;. The van der Waals surface area contributed by atoms with Gasteiger partial charge in [-0.05, 0) is 68.3 Å². The molecule has 0 amide bonds. The number of para-hydroxylation sites is 4. The van der Waals surface area contributed by atoms with E-state index in [0.717, 1.165) is 87.6 Å². The van der Waals surface area contributed by atoms with E-state index in [0.29, 0.717) is 23.4 Å². The molecule has 33 heteroatoms. The number of hydrogen-bond donors (Lipinski definition) is 0. The second kappa shape index (κ2) is 37.2. The first-order valence-electron chi connectivity index (χ1n) is 27.7. The fourth-order valence-corrected chi connectivity index (χ4v) is 8.95. The number of imidazole rings is 2. The molecular weight excluding hydrogens is 2120 g/mol. The number of aromatic nitrogens is 23. The van der Waals surface area contributed by atoms with E-state index < -0.39 is 18.5 Å². The van der Waals surface area contributed by atoms with E-state index in [1.165, 1.54) is 21.8 Å². The molecule has 0 saturated heterocycles. The van der Waals surface area contributed by atoms with Crippen molar-refractivity contribution < 1.29 is 118 Å². The Kier molecular flexibility index (Phi) is 30.4. The number of aryl methyl sites for hydroxylation is 5. The molecule has 10 heterocycles. The first-order valence-corrected chi connectivity index (χ1v) is 28.6. The van der Waals surface area contributed by atoms with Crippen LogP contribution < -0.4 is 0 Å². The Hall–Kier alpha value is -7.91. The number of hydrogen-bond acceptors (Lipinski definition) is 15. The van der Waals surface area contributed by atoms with E-state index in [1.54, 1.807) is 89.6 Å². The van der Waals surface area contributed by atoms with E-state index >= 15 is 0 Å². The van der Waals surface area contributed by atoms with Gasteiger partial charge in [-0.2, -0.15) is 34.7 Å². The Bertz CT molecular complexity index is 4270. The summed E-state index contributed by atoms with van der Waals surface area (Å²) in [6.45, 7) is 9.20. The average molecular weight is 2180 g/mol. The van der Waals surface area contributed by atoms with Crippen molar-refractivity contribution in [1.29, 1.82) is 0 Å². The van der Waals surface area contributed by atoms with Crippen LogP contribution in [0.2, 0.25) is 0 Å². The number of halogens is 4. The molecule has 14 aromatic rings. The largest absolute Gasteiger partial charge is 0.388 e. The third-order valence-electron chi connectivity index (χ3n) is 12.4. The van der Waals surface area contributed by atoms with Gasteiger partial charge in [0.1, 0.15) is 35.4 Å². The van der Waals surface area contributed by atoms with Crippen molar-refractivity contribution in [1.82, 2.24) is 112 Å². The van der Waals surface area contributed by atoms with Crippen LogP contribution in [0.1, 0.15) is 67.9 Å². The molecule has 0 aliphatic carbocycles. The molecule has 0 aliphatic heterocycles. The zero-order valence-electron chi connectivity index (χ0n) is 50.2. The fraction of sp³-hybridized carbons (Fsp3) is 0.180. The predicted octanol–water partition coefficient (Wildman–Crippen LogP) is 10.2. The van der Waals surface area contributed by atoms with Crippen molar-refractivity contribution in [3.05, 3.63) is 248 Å². The van der Waals surface area contributed by atoms with Crippen LogP contribution >= 0.6 is 11.3 Å². The third-order valence-corrected chi connectivity index (χ3v) is 13.3. The molecule has 0 saturated carbocycles. The minimum Gasteiger partial charge on any atom is -0.353 e. The third kappa shape index (κ3) is 19.6. The van der Waals surface area contributed by atoms with Gasteiger partial charge < -0.3 is 42.5 Å². The van der Waals surface area contributed by atoms with Crippen LogP contribution in [0.5, 0.6) is 0 Å². The number of alkyl halides is 4. The molecule has 0 fully saturated rings. The maximum atomic E-state index is 12.8. The van der Waals surface area contributed by atoms with Gasteiger partial charge in [0.05, 0.1) is 22.8 Å². The van der Waals surface area contributed by atoms with E-state index in [-0.39, 0.29) is 112 Å². The van der Waals surface area contributed by atoms with Crippen molar-refractivity contribution in [2.75, 3.05) is 0 Å². The van der Waals surface area contributed by atoms with Crippen LogP contribution in [-0.4, -0.2) is 112 Å². The topological polar surface area (TPSA) is 225 Å². The first-order chi connectivity index (χ1) is 43.4. The molecule has 23 nitrogen and oxygen atoms in total. The molecule has 14 rings (SSSR count). The molecule has 5 radical (unpaired) electrons. The molecule has 0 atom stereocenters. The molecule has 0 bridgehead atoms. The summed E-state index contributed by atoms with van der Waals surface area (Å²) in [5.74, 6) is 4.27. The van der Waals surface area contributed by atoms with Gasteiger partial charge in [0, 0.05) is 179 Å². The van der Waals surface area contributed by atoms with Crippen LogP contribution in [0.3, 0.4) is 0 Å². The summed E-state index contributed by atoms with van der Waals surface area (Å²) in [5, 5.41) is 31.7. The summed E-state index contributed by atoms with van der Waals surface area (Å²) in [7, 11) is 0. The summed E-state index contributed by atoms with van der Waals surface area (Å²) < 4.78 is 64.9. The van der Waals surface area contributed by atoms with Crippen LogP contribution in [0.4, 0.5) is 17.6 Å². The Morgan fingerprint density at radius 3 is 1.36 bits per heavy atom. The van der Waals surface area contributed by atoms with Gasteiger partial charge in [-0.25, -0.2) is 24.0 Å². The van der Waals surface area contributed by atoms with Gasteiger partial charge in [0.15, 0.2) is 11.9 Å². The zero-order chi connectivity index (χ0) is 62.1. The Morgan fingerprint density at radius 1 is 0.468 bits per heavy atom. The van der Waals surface area contributed by atoms with Crippen LogP contribution in [0.15, 0.2) is 176 Å². The summed E-state index contributed by atoms with van der Waals surface area (Å²) in [6, 6.07) is 42.8. The molecule has 0 aliphatic rings. The molecule has 0 unspecified atom stereocenters. The van der Waals surface area contributed by atoms with Gasteiger partial charge >= 0.3 is 6.18 Å². The Labute approximate surface area is 609 Å². The molecule has 94 heavy (non-hydrogen) atoms. The zero-order valence-corrected chi connectivity index (χ0v) is 62.9. The van der Waals surface area contributed by atoms with E-state index in [1.807, 2.05) is 128 Å². The van der Waals surface area contributed by atoms with Crippen LogP contribution in [-0.2, 0) is 139 Å². The Balaban J connectivity index is 0.000000212. The van der Waals surface area contributed by atoms with Gasteiger partial charge in [0.2, 0.25) is 0 Å². The Morgan fingerprint density at radius 2 is 0.947 bits per heavy atom. The quantitative estimate of drug-likeness (QED) is 0.0730. The van der Waals surface area contributed by atoms with Crippen molar-refractivity contribution in [3.63, 3.8) is 0 Å².